The Kier molecular flexibility index (Phi) is 5.58. The summed E-state index contributed by atoms with van der Waals surface area (Å²) in [5.74, 6) is -0.828. The number of sulfone groups is 2. The number of carbonyl (C=O) groups is 1. The van der Waals surface area contributed by atoms with Crippen LogP contribution < -0.4 is 4.72 Å². The summed E-state index contributed by atoms with van der Waals surface area (Å²) in [6.45, 7) is 1.39. The molecule has 0 aliphatic carbocycles. The molecule has 29 heavy (non-hydrogen) atoms. The zero-order chi connectivity index (χ0) is 21.4. The molecule has 2 aromatic rings. The number of Topliss-reactive ketones (excluding diaryl/α,β-unsaturated/α-hetero) is 1. The molecule has 1 fully saturated rings. The van der Waals surface area contributed by atoms with Gasteiger partial charge in [0.05, 0.1) is 26.5 Å². The maximum Gasteiger partial charge on any atom is 0.261 e. The third-order valence-electron chi connectivity index (χ3n) is 4.62. The lowest BCUT2D eigenvalue weighted by molar-refractivity contribution is 0.101. The van der Waals surface area contributed by atoms with E-state index in [9.17, 15) is 30.0 Å². The minimum atomic E-state index is -4.09. The second kappa shape index (κ2) is 7.54. The van der Waals surface area contributed by atoms with Crippen LogP contribution in [-0.2, 0) is 29.7 Å². The van der Waals surface area contributed by atoms with Crippen molar-refractivity contribution >= 4 is 41.2 Å². The Hall–Kier alpha value is -2.24. The Morgan fingerprint density at radius 2 is 1.62 bits per heavy atom. The summed E-state index contributed by atoms with van der Waals surface area (Å²) < 4.78 is 76.4. The molecule has 8 nitrogen and oxygen atoms in total. The van der Waals surface area contributed by atoms with Gasteiger partial charge in [-0.1, -0.05) is 6.07 Å². The molecule has 1 atom stereocenters. The quantitative estimate of drug-likeness (QED) is 0.652. The van der Waals surface area contributed by atoms with Crippen LogP contribution in [0, 0.1) is 0 Å². The molecule has 1 aliphatic rings. The van der Waals surface area contributed by atoms with E-state index in [0.717, 1.165) is 6.07 Å². The maximum absolute atomic E-state index is 12.7. The lowest BCUT2D eigenvalue weighted by Gasteiger charge is -2.12. The molecule has 11 heteroatoms. The van der Waals surface area contributed by atoms with Gasteiger partial charge >= 0.3 is 0 Å². The monoisotopic (exact) mass is 457 g/mol. The first-order valence-corrected chi connectivity index (χ1v) is 13.4. The summed E-state index contributed by atoms with van der Waals surface area (Å²) in [7, 11) is -11.5. The third-order valence-corrected chi connectivity index (χ3v) is 10.2. The van der Waals surface area contributed by atoms with Crippen LogP contribution in [0.3, 0.4) is 0 Å². The highest BCUT2D eigenvalue weighted by molar-refractivity contribution is 7.96. The number of sulfonamides is 1. The first-order chi connectivity index (χ1) is 13.4. The van der Waals surface area contributed by atoms with Gasteiger partial charge in [-0.3, -0.25) is 9.52 Å². The van der Waals surface area contributed by atoms with Crippen LogP contribution in [0.25, 0.3) is 0 Å². The molecule has 1 heterocycles. The van der Waals surface area contributed by atoms with E-state index < -0.39 is 40.7 Å². The number of nitrogens with one attached hydrogen (secondary N) is 1. The molecule has 156 valence electrons. The number of carbonyl (C=O) groups excluding carboxylic acids is 1. The SMILES string of the molecule is CC(=O)c1ccc(NS(=O)(=O)c2cccc(S(=O)(=O)[C@H]3CCS(=O)(=O)C3)c2)cc1. The van der Waals surface area contributed by atoms with Crippen molar-refractivity contribution in [1.82, 2.24) is 0 Å². The Bertz CT molecular complexity index is 1260. The van der Waals surface area contributed by atoms with Crippen LogP contribution in [0.1, 0.15) is 23.7 Å². The number of ketones is 1. The summed E-state index contributed by atoms with van der Waals surface area (Å²) in [6.07, 6.45) is -0.0115. The number of anilines is 1. The highest BCUT2D eigenvalue weighted by Gasteiger charge is 2.38. The topological polar surface area (TPSA) is 132 Å². The fourth-order valence-corrected chi connectivity index (χ4v) is 8.59. The van der Waals surface area contributed by atoms with Gasteiger partial charge in [-0.2, -0.15) is 0 Å². The van der Waals surface area contributed by atoms with E-state index in [0.29, 0.717) is 5.56 Å². The molecular formula is C18H19NO7S3. The van der Waals surface area contributed by atoms with E-state index in [-0.39, 0.29) is 33.4 Å². The molecule has 0 aromatic heterocycles. The summed E-state index contributed by atoms with van der Waals surface area (Å²) in [5.41, 5.74) is 0.637. The van der Waals surface area contributed by atoms with E-state index in [1.165, 1.54) is 49.4 Å². The fourth-order valence-electron chi connectivity index (χ4n) is 3.00. The molecule has 2 aromatic carbocycles. The van der Waals surface area contributed by atoms with Crippen LogP contribution in [0.5, 0.6) is 0 Å². The van der Waals surface area contributed by atoms with E-state index in [2.05, 4.69) is 4.72 Å². The molecule has 1 saturated heterocycles. The van der Waals surface area contributed by atoms with Gasteiger partial charge in [0, 0.05) is 11.3 Å². The van der Waals surface area contributed by atoms with E-state index in [1.54, 1.807) is 0 Å². The maximum atomic E-state index is 12.7. The van der Waals surface area contributed by atoms with E-state index >= 15 is 0 Å². The molecule has 1 aliphatic heterocycles. The summed E-state index contributed by atoms with van der Waals surface area (Å²) in [6, 6.07) is 10.6. The van der Waals surface area contributed by atoms with Gasteiger partial charge in [0.2, 0.25) is 0 Å². The first kappa shape index (κ1) is 21.5. The van der Waals surface area contributed by atoms with Crippen LogP contribution in [0.2, 0.25) is 0 Å². The number of hydrogen-bond donors (Lipinski definition) is 1. The molecule has 0 radical (unpaired) electrons. The molecule has 0 bridgehead atoms. The second-order valence-corrected chi connectivity index (χ2v) is 12.9. The van der Waals surface area contributed by atoms with Gasteiger partial charge in [-0.05, 0) is 55.8 Å². The van der Waals surface area contributed by atoms with Gasteiger partial charge in [0.25, 0.3) is 10.0 Å². The molecule has 0 saturated carbocycles. The highest BCUT2D eigenvalue weighted by Crippen LogP contribution is 2.27. The van der Waals surface area contributed by atoms with Gasteiger partial charge in [-0.15, -0.1) is 0 Å². The molecule has 0 spiro atoms. The van der Waals surface area contributed by atoms with Gasteiger partial charge in [0.15, 0.2) is 25.5 Å². The van der Waals surface area contributed by atoms with Crippen LogP contribution in [0.4, 0.5) is 5.69 Å². The zero-order valence-electron chi connectivity index (χ0n) is 15.4. The van der Waals surface area contributed by atoms with E-state index in [1.807, 2.05) is 0 Å². The Balaban J connectivity index is 1.89. The van der Waals surface area contributed by atoms with Crippen LogP contribution >= 0.6 is 0 Å². The number of rotatable bonds is 6. The minimum absolute atomic E-state index is 0.0115. The molecule has 1 N–H and O–H groups in total. The van der Waals surface area contributed by atoms with Crippen molar-refractivity contribution in [2.75, 3.05) is 16.2 Å². The Morgan fingerprint density at radius 3 is 2.17 bits per heavy atom. The van der Waals surface area contributed by atoms with Gasteiger partial charge < -0.3 is 0 Å². The molecule has 0 amide bonds. The fraction of sp³-hybridized carbons (Fsp3) is 0.278. The number of hydrogen-bond acceptors (Lipinski definition) is 7. The van der Waals surface area contributed by atoms with Crippen LogP contribution in [0.15, 0.2) is 58.3 Å². The van der Waals surface area contributed by atoms with Crippen molar-refractivity contribution in [2.24, 2.45) is 0 Å². The lowest BCUT2D eigenvalue weighted by Crippen LogP contribution is -2.23. The standard InChI is InChI=1S/C18H19NO7S3/c1-13(20)14-5-7-15(8-6-14)19-29(25,26)17-4-2-3-16(11-17)28(23,24)18-9-10-27(21,22)12-18/h2-8,11,18-19H,9-10,12H2,1H3/t18-/m0/s1. The normalized spacial score (nSPS) is 19.0. The highest BCUT2D eigenvalue weighted by atomic mass is 32.2. The summed E-state index contributed by atoms with van der Waals surface area (Å²) >= 11 is 0. The summed E-state index contributed by atoms with van der Waals surface area (Å²) in [5, 5.41) is -1.09. The predicted octanol–water partition coefficient (Wildman–Crippen LogP) is 1.65. The van der Waals surface area contributed by atoms with Gasteiger partial charge in [0.1, 0.15) is 0 Å². The second-order valence-electron chi connectivity index (χ2n) is 6.78. The Morgan fingerprint density at radius 1 is 1.00 bits per heavy atom. The lowest BCUT2D eigenvalue weighted by atomic mass is 10.1. The van der Waals surface area contributed by atoms with Crippen molar-refractivity contribution in [1.29, 1.82) is 0 Å². The molecule has 3 rings (SSSR count). The average Bonchev–Trinajstić information content (AvgIpc) is 3.02. The van der Waals surface area contributed by atoms with Gasteiger partial charge in [-0.25, -0.2) is 25.3 Å². The number of benzene rings is 2. The van der Waals surface area contributed by atoms with Crippen LogP contribution in [-0.4, -0.2) is 47.8 Å². The molecular weight excluding hydrogens is 438 g/mol. The zero-order valence-corrected chi connectivity index (χ0v) is 17.8. The average molecular weight is 458 g/mol. The Labute approximate surface area is 169 Å². The molecule has 0 unspecified atom stereocenters. The van der Waals surface area contributed by atoms with E-state index in [4.69, 9.17) is 0 Å². The van der Waals surface area contributed by atoms with Crippen molar-refractivity contribution < 1.29 is 30.0 Å². The van der Waals surface area contributed by atoms with Crippen molar-refractivity contribution in [3.63, 3.8) is 0 Å². The predicted molar refractivity (Wildman–Crippen MR) is 108 cm³/mol. The third kappa shape index (κ3) is 4.68. The van der Waals surface area contributed by atoms with Crippen molar-refractivity contribution in [2.45, 2.75) is 28.4 Å². The smallest absolute Gasteiger partial charge is 0.261 e. The minimum Gasteiger partial charge on any atom is -0.295 e. The van der Waals surface area contributed by atoms with Crippen molar-refractivity contribution in [3.05, 3.63) is 54.1 Å². The first-order valence-electron chi connectivity index (χ1n) is 8.59. The van der Waals surface area contributed by atoms with Crippen molar-refractivity contribution in [3.8, 4) is 0 Å². The largest absolute Gasteiger partial charge is 0.295 e. The summed E-state index contributed by atoms with van der Waals surface area (Å²) in [4.78, 5) is 10.8.